The van der Waals surface area contributed by atoms with Crippen LogP contribution in [0.25, 0.3) is 0 Å². The first-order chi connectivity index (χ1) is 12.4. The molecule has 0 unspecified atom stereocenters. The highest BCUT2D eigenvalue weighted by Gasteiger charge is 2.09. The number of carbonyl (C=O) groups excluding carboxylic acids is 1. The van der Waals surface area contributed by atoms with Crippen LogP contribution in [0.1, 0.15) is 16.7 Å². The van der Waals surface area contributed by atoms with Gasteiger partial charge in [-0.15, -0.1) is 0 Å². The molecule has 0 bridgehead atoms. The minimum atomic E-state index is -0.347. The van der Waals surface area contributed by atoms with Crippen LogP contribution in [0.2, 0.25) is 0 Å². The van der Waals surface area contributed by atoms with Gasteiger partial charge in [-0.25, -0.2) is 5.43 Å². The molecule has 0 spiro atoms. The first-order valence-electron chi connectivity index (χ1n) is 7.87. The summed E-state index contributed by atoms with van der Waals surface area (Å²) in [6.45, 7) is 3.84. The second-order valence-corrected chi connectivity index (χ2v) is 6.50. The highest BCUT2D eigenvalue weighted by atomic mass is 79.9. The smallest absolute Gasteiger partial charge is 0.277 e. The normalized spacial score (nSPS) is 10.7. The molecule has 0 saturated carbocycles. The molecule has 1 amide bonds. The lowest BCUT2D eigenvalue weighted by Gasteiger charge is -2.10. The number of carbonyl (C=O) groups is 1. The Bertz CT molecular complexity index is 801. The van der Waals surface area contributed by atoms with Crippen LogP contribution in [0, 0.1) is 13.8 Å². The van der Waals surface area contributed by atoms with Crippen molar-refractivity contribution in [1.82, 2.24) is 5.43 Å². The summed E-state index contributed by atoms with van der Waals surface area (Å²) < 4.78 is 16.7. The van der Waals surface area contributed by atoms with Crippen LogP contribution < -0.4 is 19.6 Å². The van der Waals surface area contributed by atoms with Gasteiger partial charge in [0.25, 0.3) is 5.91 Å². The molecule has 138 valence electrons. The maximum atomic E-state index is 11.9. The third kappa shape index (κ3) is 5.49. The molecule has 2 aromatic rings. The summed E-state index contributed by atoms with van der Waals surface area (Å²) in [4.78, 5) is 11.9. The molecule has 0 aliphatic rings. The zero-order chi connectivity index (χ0) is 19.1. The van der Waals surface area contributed by atoms with E-state index in [0.717, 1.165) is 21.2 Å². The van der Waals surface area contributed by atoms with Crippen LogP contribution in [-0.2, 0) is 4.79 Å². The number of hydrogen-bond acceptors (Lipinski definition) is 5. The Kier molecular flexibility index (Phi) is 7.03. The monoisotopic (exact) mass is 420 g/mol. The van der Waals surface area contributed by atoms with Gasteiger partial charge in [-0.05, 0) is 70.7 Å². The predicted octanol–water partition coefficient (Wildman–Crippen LogP) is 3.61. The summed E-state index contributed by atoms with van der Waals surface area (Å²) in [7, 11) is 3.11. The number of nitrogens with one attached hydrogen (secondary N) is 1. The molecule has 0 heterocycles. The van der Waals surface area contributed by atoms with Gasteiger partial charge in [0.05, 0.1) is 24.9 Å². The summed E-state index contributed by atoms with van der Waals surface area (Å²) in [5, 5.41) is 3.94. The fraction of sp³-hybridized carbons (Fsp3) is 0.263. The number of rotatable bonds is 7. The Morgan fingerprint density at radius 2 is 1.81 bits per heavy atom. The third-order valence-electron chi connectivity index (χ3n) is 3.42. The van der Waals surface area contributed by atoms with E-state index in [2.05, 4.69) is 26.5 Å². The second-order valence-electron chi connectivity index (χ2n) is 5.64. The zero-order valence-electron chi connectivity index (χ0n) is 15.1. The molecule has 1 N–H and O–H groups in total. The molecule has 0 atom stereocenters. The maximum Gasteiger partial charge on any atom is 0.277 e. The zero-order valence-corrected chi connectivity index (χ0v) is 16.7. The molecule has 0 fully saturated rings. The molecule has 26 heavy (non-hydrogen) atoms. The van der Waals surface area contributed by atoms with Gasteiger partial charge in [-0.3, -0.25) is 4.79 Å². The first-order valence-corrected chi connectivity index (χ1v) is 8.66. The highest BCUT2D eigenvalue weighted by Crippen LogP contribution is 2.35. The molecule has 0 radical (unpaired) electrons. The molecular formula is C19H21BrN2O4. The molecule has 0 aromatic heterocycles. The Hall–Kier alpha value is -2.54. The summed E-state index contributed by atoms with van der Waals surface area (Å²) in [6.07, 6.45) is 1.52. The number of nitrogens with zero attached hydrogens (tertiary/aromatic N) is 1. The Labute approximate surface area is 161 Å². The average Bonchev–Trinajstić information content (AvgIpc) is 2.58. The van der Waals surface area contributed by atoms with Crippen LogP contribution in [0.5, 0.6) is 17.2 Å². The van der Waals surface area contributed by atoms with Crippen molar-refractivity contribution in [2.24, 2.45) is 5.10 Å². The van der Waals surface area contributed by atoms with Gasteiger partial charge in [-0.2, -0.15) is 5.10 Å². The minimum absolute atomic E-state index is 0.115. The Balaban J connectivity index is 1.93. The molecule has 0 aliphatic carbocycles. The number of ether oxygens (including phenoxy) is 3. The fourth-order valence-corrected chi connectivity index (χ4v) is 3.01. The van der Waals surface area contributed by atoms with Crippen molar-refractivity contribution in [3.63, 3.8) is 0 Å². The fourth-order valence-electron chi connectivity index (χ4n) is 2.39. The van der Waals surface area contributed by atoms with Crippen LogP contribution >= 0.6 is 15.9 Å². The van der Waals surface area contributed by atoms with Crippen molar-refractivity contribution in [1.29, 1.82) is 0 Å². The van der Waals surface area contributed by atoms with Gasteiger partial charge < -0.3 is 14.2 Å². The molecule has 6 nitrogen and oxygen atoms in total. The summed E-state index contributed by atoms with van der Waals surface area (Å²) in [5.74, 6) is 1.47. The number of amides is 1. The molecule has 2 rings (SSSR count). The predicted molar refractivity (Wildman–Crippen MR) is 104 cm³/mol. The van der Waals surface area contributed by atoms with Crippen molar-refractivity contribution in [2.45, 2.75) is 13.8 Å². The Morgan fingerprint density at radius 1 is 1.12 bits per heavy atom. The van der Waals surface area contributed by atoms with Gasteiger partial charge in [0.1, 0.15) is 5.75 Å². The second kappa shape index (κ2) is 9.24. The SMILES string of the molecule is COc1cc(C=NNC(=O)COc2cc(C)cc(C)c2)cc(Br)c1OC. The van der Waals surface area contributed by atoms with Crippen molar-refractivity contribution in [3.05, 3.63) is 51.5 Å². The van der Waals surface area contributed by atoms with Crippen molar-refractivity contribution >= 4 is 28.1 Å². The molecule has 0 saturated heterocycles. The van der Waals surface area contributed by atoms with Crippen LogP contribution in [-0.4, -0.2) is 32.9 Å². The van der Waals surface area contributed by atoms with E-state index in [-0.39, 0.29) is 12.5 Å². The van der Waals surface area contributed by atoms with E-state index in [1.165, 1.54) is 6.21 Å². The average molecular weight is 421 g/mol. The van der Waals surface area contributed by atoms with Crippen LogP contribution in [0.3, 0.4) is 0 Å². The first kappa shape index (κ1) is 19.8. The molecular weight excluding hydrogens is 400 g/mol. The quantitative estimate of drug-likeness (QED) is 0.548. The van der Waals surface area contributed by atoms with Crippen molar-refractivity contribution in [3.8, 4) is 17.2 Å². The van der Waals surface area contributed by atoms with E-state index < -0.39 is 0 Å². The lowest BCUT2D eigenvalue weighted by atomic mass is 10.1. The molecule has 2 aromatic carbocycles. The van der Waals surface area contributed by atoms with Crippen LogP contribution in [0.4, 0.5) is 0 Å². The van der Waals surface area contributed by atoms with Gasteiger partial charge in [0, 0.05) is 0 Å². The molecule has 7 heteroatoms. The van der Waals surface area contributed by atoms with E-state index in [1.54, 1.807) is 20.3 Å². The standard InChI is InChI=1S/C19H21BrN2O4/c1-12-5-13(2)7-15(6-12)26-11-18(23)22-21-10-14-8-16(20)19(25-4)17(9-14)24-3/h5-10H,11H2,1-4H3,(H,22,23). The topological polar surface area (TPSA) is 69.2 Å². The summed E-state index contributed by atoms with van der Waals surface area (Å²) >= 11 is 3.41. The highest BCUT2D eigenvalue weighted by molar-refractivity contribution is 9.10. The lowest BCUT2D eigenvalue weighted by Crippen LogP contribution is -2.24. The van der Waals surface area contributed by atoms with E-state index in [4.69, 9.17) is 14.2 Å². The number of aryl methyl sites for hydroxylation is 2. The summed E-state index contributed by atoms with van der Waals surface area (Å²) in [6, 6.07) is 9.36. The van der Waals surface area contributed by atoms with E-state index >= 15 is 0 Å². The number of hydrazone groups is 1. The van der Waals surface area contributed by atoms with Gasteiger partial charge in [-0.1, -0.05) is 6.07 Å². The van der Waals surface area contributed by atoms with E-state index in [0.29, 0.717) is 17.2 Å². The maximum absolute atomic E-state index is 11.9. The lowest BCUT2D eigenvalue weighted by molar-refractivity contribution is -0.123. The largest absolute Gasteiger partial charge is 0.493 e. The van der Waals surface area contributed by atoms with Crippen molar-refractivity contribution < 1.29 is 19.0 Å². The van der Waals surface area contributed by atoms with Gasteiger partial charge in [0.2, 0.25) is 0 Å². The Morgan fingerprint density at radius 3 is 2.42 bits per heavy atom. The van der Waals surface area contributed by atoms with E-state index in [1.807, 2.05) is 38.1 Å². The van der Waals surface area contributed by atoms with Crippen LogP contribution in [0.15, 0.2) is 39.9 Å². The summed E-state index contributed by atoms with van der Waals surface area (Å²) in [5.41, 5.74) is 5.34. The van der Waals surface area contributed by atoms with Gasteiger partial charge in [0.15, 0.2) is 18.1 Å². The molecule has 0 aliphatic heterocycles. The minimum Gasteiger partial charge on any atom is -0.493 e. The van der Waals surface area contributed by atoms with Crippen molar-refractivity contribution in [2.75, 3.05) is 20.8 Å². The number of halogens is 1. The number of methoxy groups -OCH3 is 2. The number of hydrogen-bond donors (Lipinski definition) is 1. The third-order valence-corrected chi connectivity index (χ3v) is 4.01. The van der Waals surface area contributed by atoms with Gasteiger partial charge >= 0.3 is 0 Å². The number of benzene rings is 2. The van der Waals surface area contributed by atoms with E-state index in [9.17, 15) is 4.79 Å².